The van der Waals surface area contributed by atoms with Crippen molar-refractivity contribution in [1.29, 1.82) is 0 Å². The molecule has 0 aliphatic carbocycles. The van der Waals surface area contributed by atoms with E-state index in [2.05, 4.69) is 48.6 Å². The lowest BCUT2D eigenvalue weighted by Crippen LogP contribution is -2.30. The minimum Gasteiger partial charge on any atom is -0.496 e. The summed E-state index contributed by atoms with van der Waals surface area (Å²) in [4.78, 5) is 26.5. The van der Waals surface area contributed by atoms with Crippen LogP contribution in [0.2, 0.25) is 0 Å². The number of fused-ring (bicyclic) bond motifs is 2. The summed E-state index contributed by atoms with van der Waals surface area (Å²) in [6.07, 6.45) is 5.69. The van der Waals surface area contributed by atoms with Crippen molar-refractivity contribution in [3.63, 3.8) is 0 Å². The number of nitrogens with zero attached hydrogens (tertiary/aromatic N) is 1. The third-order valence-corrected chi connectivity index (χ3v) is 6.27. The Morgan fingerprint density at radius 3 is 2.29 bits per heavy atom. The summed E-state index contributed by atoms with van der Waals surface area (Å²) in [7, 11) is 1.69. The maximum absolute atomic E-state index is 12.6. The third-order valence-electron chi connectivity index (χ3n) is 6.27. The summed E-state index contributed by atoms with van der Waals surface area (Å²) in [5.41, 5.74) is 4.32. The summed E-state index contributed by atoms with van der Waals surface area (Å²) < 4.78 is 5.60. The SMILES string of the molecule is COc1ccc2ccccc2c1/C=C/c1cccc(CCCN2C(=O)c3ccccc3C2=O)c1. The molecule has 4 aromatic carbocycles. The van der Waals surface area contributed by atoms with Crippen molar-refractivity contribution in [2.24, 2.45) is 0 Å². The van der Waals surface area contributed by atoms with Gasteiger partial charge >= 0.3 is 0 Å². The Kier molecular flexibility index (Phi) is 5.96. The summed E-state index contributed by atoms with van der Waals surface area (Å²) in [6, 6.07) is 27.7. The van der Waals surface area contributed by atoms with E-state index in [1.807, 2.05) is 24.3 Å². The van der Waals surface area contributed by atoms with E-state index < -0.39 is 0 Å². The molecule has 4 heteroatoms. The van der Waals surface area contributed by atoms with Crippen LogP contribution in [0.5, 0.6) is 5.75 Å². The van der Waals surface area contributed by atoms with Gasteiger partial charge in [-0.3, -0.25) is 14.5 Å². The lowest BCUT2D eigenvalue weighted by atomic mass is 10.0. The first-order valence-electron chi connectivity index (χ1n) is 11.4. The first kappa shape index (κ1) is 21.7. The average molecular weight is 448 g/mol. The Balaban J connectivity index is 1.28. The molecular weight excluding hydrogens is 422 g/mol. The molecule has 2 amide bonds. The van der Waals surface area contributed by atoms with E-state index in [-0.39, 0.29) is 11.8 Å². The monoisotopic (exact) mass is 447 g/mol. The van der Waals surface area contributed by atoms with Crippen molar-refractivity contribution in [2.75, 3.05) is 13.7 Å². The minimum atomic E-state index is -0.193. The van der Waals surface area contributed by atoms with Crippen molar-refractivity contribution in [3.8, 4) is 5.75 Å². The number of hydrogen-bond acceptors (Lipinski definition) is 3. The second-order valence-corrected chi connectivity index (χ2v) is 8.39. The fraction of sp³-hybridized carbons (Fsp3) is 0.133. The van der Waals surface area contributed by atoms with E-state index >= 15 is 0 Å². The maximum Gasteiger partial charge on any atom is 0.261 e. The van der Waals surface area contributed by atoms with Crippen LogP contribution in [0.1, 0.15) is 43.8 Å². The molecule has 0 fully saturated rings. The van der Waals surface area contributed by atoms with E-state index in [9.17, 15) is 9.59 Å². The highest BCUT2D eigenvalue weighted by molar-refractivity contribution is 6.21. The summed E-state index contributed by atoms with van der Waals surface area (Å²) in [6.45, 7) is 0.416. The quantitative estimate of drug-likeness (QED) is 0.249. The largest absolute Gasteiger partial charge is 0.496 e. The van der Waals surface area contributed by atoms with Crippen molar-refractivity contribution in [1.82, 2.24) is 4.90 Å². The standard InChI is InChI=1S/C30H25NO3/c1-34-28-18-16-23-11-2-3-12-24(23)25(28)17-15-22-9-6-8-21(20-22)10-7-19-31-29(32)26-13-4-5-14-27(26)30(31)33/h2-6,8-9,11-18,20H,7,10,19H2,1H3/b17-15+. The van der Waals surface area contributed by atoms with Gasteiger partial charge in [0, 0.05) is 12.1 Å². The molecule has 1 aliphatic rings. The van der Waals surface area contributed by atoms with E-state index in [0.29, 0.717) is 17.7 Å². The van der Waals surface area contributed by atoms with Crippen LogP contribution in [0.4, 0.5) is 0 Å². The molecule has 0 saturated carbocycles. The summed E-state index contributed by atoms with van der Waals surface area (Å²) >= 11 is 0. The highest BCUT2D eigenvalue weighted by atomic mass is 16.5. The Hall–Kier alpha value is -4.18. The van der Waals surface area contributed by atoms with Gasteiger partial charge in [0.2, 0.25) is 0 Å². The number of ether oxygens (including phenoxy) is 1. The smallest absolute Gasteiger partial charge is 0.261 e. The van der Waals surface area contributed by atoms with Crippen LogP contribution < -0.4 is 4.74 Å². The molecule has 0 atom stereocenters. The molecule has 1 heterocycles. The van der Waals surface area contributed by atoms with Crippen LogP contribution in [0.15, 0.2) is 84.9 Å². The fourth-order valence-electron chi connectivity index (χ4n) is 4.54. The van der Waals surface area contributed by atoms with Crippen LogP contribution in [0.3, 0.4) is 0 Å². The topological polar surface area (TPSA) is 46.6 Å². The molecule has 0 radical (unpaired) electrons. The first-order valence-corrected chi connectivity index (χ1v) is 11.4. The molecule has 168 valence electrons. The van der Waals surface area contributed by atoms with E-state index in [4.69, 9.17) is 4.74 Å². The predicted octanol–water partition coefficient (Wildman–Crippen LogP) is 6.25. The Bertz CT molecular complexity index is 1380. The van der Waals surface area contributed by atoms with Crippen molar-refractivity contribution in [2.45, 2.75) is 12.8 Å². The normalized spacial score (nSPS) is 13.1. The van der Waals surface area contributed by atoms with Gasteiger partial charge in [-0.25, -0.2) is 0 Å². The van der Waals surface area contributed by atoms with Gasteiger partial charge in [-0.1, -0.05) is 78.9 Å². The third kappa shape index (κ3) is 4.11. The Morgan fingerprint density at radius 1 is 0.794 bits per heavy atom. The molecule has 34 heavy (non-hydrogen) atoms. The van der Waals surface area contributed by atoms with Gasteiger partial charge in [0.25, 0.3) is 11.8 Å². The van der Waals surface area contributed by atoms with Crippen molar-refractivity contribution >= 4 is 34.7 Å². The zero-order valence-electron chi connectivity index (χ0n) is 19.0. The van der Waals surface area contributed by atoms with Crippen molar-refractivity contribution < 1.29 is 14.3 Å². The highest BCUT2D eigenvalue weighted by Gasteiger charge is 2.34. The van der Waals surface area contributed by atoms with Gasteiger partial charge in [0.05, 0.1) is 18.2 Å². The predicted molar refractivity (Wildman–Crippen MR) is 136 cm³/mol. The number of rotatable bonds is 7. The number of benzene rings is 4. The number of methoxy groups -OCH3 is 1. The zero-order chi connectivity index (χ0) is 23.5. The van der Waals surface area contributed by atoms with Gasteiger partial charge in [-0.2, -0.15) is 0 Å². The average Bonchev–Trinajstić information content (AvgIpc) is 3.12. The molecule has 0 bridgehead atoms. The summed E-state index contributed by atoms with van der Waals surface area (Å²) in [5, 5.41) is 2.32. The van der Waals surface area contributed by atoms with Crippen LogP contribution in [0.25, 0.3) is 22.9 Å². The number of aryl methyl sites for hydroxylation is 1. The van der Waals surface area contributed by atoms with Crippen LogP contribution in [0, 0.1) is 0 Å². The minimum absolute atomic E-state index is 0.193. The van der Waals surface area contributed by atoms with Crippen LogP contribution in [-0.2, 0) is 6.42 Å². The second-order valence-electron chi connectivity index (χ2n) is 8.39. The maximum atomic E-state index is 12.6. The van der Waals surface area contributed by atoms with Gasteiger partial charge < -0.3 is 4.74 Å². The molecule has 0 spiro atoms. The van der Waals surface area contributed by atoms with E-state index in [1.165, 1.54) is 15.8 Å². The molecule has 0 aromatic heterocycles. The molecule has 1 aliphatic heterocycles. The molecular formula is C30H25NO3. The molecule has 0 N–H and O–H groups in total. The number of carbonyl (C=O) groups excluding carboxylic acids is 2. The van der Waals surface area contributed by atoms with Crippen molar-refractivity contribution in [3.05, 3.63) is 113 Å². The van der Waals surface area contributed by atoms with E-state index in [1.54, 1.807) is 31.4 Å². The van der Waals surface area contributed by atoms with Crippen LogP contribution >= 0.6 is 0 Å². The second kappa shape index (κ2) is 9.36. The molecule has 4 aromatic rings. The molecule has 5 rings (SSSR count). The number of amides is 2. The summed E-state index contributed by atoms with van der Waals surface area (Å²) in [5.74, 6) is 0.453. The lowest BCUT2D eigenvalue weighted by molar-refractivity contribution is 0.0652. The Labute approximate surface area is 199 Å². The van der Waals surface area contributed by atoms with Gasteiger partial charge in [-0.15, -0.1) is 0 Å². The highest BCUT2D eigenvalue weighted by Crippen LogP contribution is 2.30. The van der Waals surface area contributed by atoms with Gasteiger partial charge in [0.1, 0.15) is 5.75 Å². The number of imide groups is 1. The first-order chi connectivity index (χ1) is 16.7. The van der Waals surface area contributed by atoms with Gasteiger partial charge in [0.15, 0.2) is 0 Å². The van der Waals surface area contributed by atoms with E-state index in [0.717, 1.165) is 35.1 Å². The molecule has 0 unspecified atom stereocenters. The van der Waals surface area contributed by atoms with Gasteiger partial charge in [-0.05, 0) is 52.9 Å². The Morgan fingerprint density at radius 2 is 1.53 bits per heavy atom. The molecule has 4 nitrogen and oxygen atoms in total. The number of carbonyl (C=O) groups is 2. The fourth-order valence-corrected chi connectivity index (χ4v) is 4.54. The zero-order valence-corrected chi connectivity index (χ0v) is 19.0. The molecule has 0 saturated heterocycles. The lowest BCUT2D eigenvalue weighted by Gasteiger charge is -2.13. The number of hydrogen-bond donors (Lipinski definition) is 0. The van der Waals surface area contributed by atoms with Crippen LogP contribution in [-0.4, -0.2) is 30.4 Å².